The minimum Gasteiger partial charge on any atom is -0.379 e. The molecule has 0 aromatic carbocycles. The largest absolute Gasteiger partial charge is 0.379 e. The van der Waals surface area contributed by atoms with Crippen LogP contribution in [0.1, 0.15) is 44.9 Å². The van der Waals surface area contributed by atoms with E-state index in [0.717, 1.165) is 64.9 Å². The number of carbonyl (C=O) groups is 1. The molecule has 3 fully saturated rings. The predicted octanol–water partition coefficient (Wildman–Crippen LogP) is 2.02. The number of likely N-dealkylation sites (N-methyl/N-ethyl adjacent to an activating group) is 1. The van der Waals surface area contributed by atoms with Gasteiger partial charge in [0.15, 0.2) is 5.96 Å². The van der Waals surface area contributed by atoms with Crippen molar-refractivity contribution < 1.29 is 9.53 Å². The van der Waals surface area contributed by atoms with Crippen molar-refractivity contribution in [3.63, 3.8) is 0 Å². The fraction of sp³-hybridized carbons (Fsp3) is 0.905. The number of halogens is 1. The van der Waals surface area contributed by atoms with E-state index in [1.807, 2.05) is 0 Å². The number of nitrogens with one attached hydrogen (secondary N) is 1. The number of rotatable bonds is 6. The van der Waals surface area contributed by atoms with Crippen LogP contribution in [0.4, 0.5) is 0 Å². The van der Waals surface area contributed by atoms with E-state index < -0.39 is 0 Å². The lowest BCUT2D eigenvalue weighted by Crippen LogP contribution is -2.43. The fourth-order valence-electron chi connectivity index (χ4n) is 4.71. The van der Waals surface area contributed by atoms with Crippen LogP contribution in [0.2, 0.25) is 0 Å². The second kappa shape index (κ2) is 12.3. The van der Waals surface area contributed by atoms with Gasteiger partial charge in [-0.15, -0.1) is 24.0 Å². The highest BCUT2D eigenvalue weighted by Gasteiger charge is 2.39. The van der Waals surface area contributed by atoms with Gasteiger partial charge in [0, 0.05) is 46.8 Å². The van der Waals surface area contributed by atoms with Gasteiger partial charge in [0.25, 0.3) is 0 Å². The third-order valence-corrected chi connectivity index (χ3v) is 6.55. The Hall–Kier alpha value is -0.610. The molecule has 1 spiro atoms. The van der Waals surface area contributed by atoms with Gasteiger partial charge in [0.05, 0.1) is 13.2 Å². The molecule has 0 aromatic heterocycles. The zero-order valence-electron chi connectivity index (χ0n) is 18.3. The number of carbonyl (C=O) groups excluding carboxylic acids is 1. The molecule has 0 unspecified atom stereocenters. The van der Waals surface area contributed by atoms with Gasteiger partial charge < -0.3 is 19.9 Å². The van der Waals surface area contributed by atoms with Crippen molar-refractivity contribution in [2.45, 2.75) is 44.9 Å². The number of nitrogens with zero attached hydrogens (tertiary/aromatic N) is 4. The molecule has 1 amide bonds. The zero-order chi connectivity index (χ0) is 19.8. The van der Waals surface area contributed by atoms with Crippen molar-refractivity contribution in [1.29, 1.82) is 0 Å². The second-order valence-electron chi connectivity index (χ2n) is 8.89. The van der Waals surface area contributed by atoms with Gasteiger partial charge in [-0.05, 0) is 37.6 Å². The van der Waals surface area contributed by atoms with Gasteiger partial charge in [-0.25, -0.2) is 4.99 Å². The van der Waals surface area contributed by atoms with Gasteiger partial charge in [-0.3, -0.25) is 9.69 Å². The van der Waals surface area contributed by atoms with Crippen molar-refractivity contribution in [2.24, 2.45) is 10.4 Å². The Balaban J connectivity index is 0.00000300. The number of hydrogen-bond acceptors (Lipinski definition) is 4. The molecular weight excluding hydrogens is 481 g/mol. The quantitative estimate of drug-likeness (QED) is 0.251. The normalized spacial score (nSPS) is 22.4. The van der Waals surface area contributed by atoms with Gasteiger partial charge in [-0.2, -0.15) is 0 Å². The van der Waals surface area contributed by atoms with E-state index in [1.54, 1.807) is 19.0 Å². The maximum atomic E-state index is 12.0. The van der Waals surface area contributed by atoms with Gasteiger partial charge in [0.1, 0.15) is 6.54 Å². The molecule has 3 aliphatic rings. The molecular formula is C21H40IN5O2. The Kier molecular flexibility index (Phi) is 10.5. The number of aliphatic imine (C=N–C) groups is 1. The standard InChI is InChI=1S/C21H39N5O2.HI/c1-24(2)19(27)17-23-20(22-10-6-11-25-13-15-28-16-14-25)26-12-9-21(18-26)7-4-3-5-8-21;/h3-18H2,1-2H3,(H,22,23);1H. The number of hydrogen-bond donors (Lipinski definition) is 1. The molecule has 0 radical (unpaired) electrons. The van der Waals surface area contributed by atoms with Crippen LogP contribution >= 0.6 is 24.0 Å². The Morgan fingerprint density at radius 1 is 1.10 bits per heavy atom. The van der Waals surface area contributed by atoms with E-state index in [-0.39, 0.29) is 36.4 Å². The Bertz CT molecular complexity index is 531. The molecule has 2 saturated heterocycles. The van der Waals surface area contributed by atoms with Crippen LogP contribution in [0.5, 0.6) is 0 Å². The van der Waals surface area contributed by atoms with Crippen molar-refractivity contribution in [2.75, 3.05) is 73.1 Å². The molecule has 2 aliphatic heterocycles. The van der Waals surface area contributed by atoms with Crippen LogP contribution in [-0.2, 0) is 9.53 Å². The van der Waals surface area contributed by atoms with Gasteiger partial charge in [-0.1, -0.05) is 19.3 Å². The summed E-state index contributed by atoms with van der Waals surface area (Å²) >= 11 is 0. The van der Waals surface area contributed by atoms with Crippen LogP contribution < -0.4 is 5.32 Å². The smallest absolute Gasteiger partial charge is 0.243 e. The van der Waals surface area contributed by atoms with E-state index in [4.69, 9.17) is 9.73 Å². The number of guanidine groups is 1. The maximum absolute atomic E-state index is 12.0. The molecule has 2 heterocycles. The van der Waals surface area contributed by atoms with Gasteiger partial charge >= 0.3 is 0 Å². The molecule has 168 valence electrons. The second-order valence-corrected chi connectivity index (χ2v) is 8.89. The maximum Gasteiger partial charge on any atom is 0.243 e. The van der Waals surface area contributed by atoms with Gasteiger partial charge in [0.2, 0.25) is 5.91 Å². The average molecular weight is 521 g/mol. The predicted molar refractivity (Wildman–Crippen MR) is 128 cm³/mol. The summed E-state index contributed by atoms with van der Waals surface area (Å²) in [6.45, 7) is 8.14. The Labute approximate surface area is 193 Å². The van der Waals surface area contributed by atoms with Crippen LogP contribution in [0, 0.1) is 5.41 Å². The topological polar surface area (TPSA) is 60.4 Å². The zero-order valence-corrected chi connectivity index (χ0v) is 20.7. The van der Waals surface area contributed by atoms with Crippen LogP contribution in [0.15, 0.2) is 4.99 Å². The summed E-state index contributed by atoms with van der Waals surface area (Å²) in [4.78, 5) is 23.2. The Morgan fingerprint density at radius 3 is 2.52 bits per heavy atom. The van der Waals surface area contributed by atoms with Crippen LogP contribution in [-0.4, -0.2) is 99.7 Å². The van der Waals surface area contributed by atoms with Crippen molar-refractivity contribution in [1.82, 2.24) is 20.0 Å². The minimum atomic E-state index is 0. The number of amides is 1. The monoisotopic (exact) mass is 521 g/mol. The first kappa shape index (κ1) is 24.7. The van der Waals surface area contributed by atoms with E-state index >= 15 is 0 Å². The summed E-state index contributed by atoms with van der Waals surface area (Å²) in [5.74, 6) is 0.985. The summed E-state index contributed by atoms with van der Waals surface area (Å²) in [6, 6.07) is 0. The summed E-state index contributed by atoms with van der Waals surface area (Å²) < 4.78 is 5.42. The highest BCUT2D eigenvalue weighted by Crippen LogP contribution is 2.43. The van der Waals surface area contributed by atoms with Crippen molar-refractivity contribution in [3.05, 3.63) is 0 Å². The van der Waals surface area contributed by atoms with Crippen molar-refractivity contribution in [3.8, 4) is 0 Å². The lowest BCUT2D eigenvalue weighted by Gasteiger charge is -2.33. The molecule has 7 nitrogen and oxygen atoms in total. The van der Waals surface area contributed by atoms with E-state index in [2.05, 4.69) is 15.1 Å². The fourth-order valence-corrected chi connectivity index (χ4v) is 4.71. The van der Waals surface area contributed by atoms with E-state index in [9.17, 15) is 4.79 Å². The van der Waals surface area contributed by atoms with Crippen molar-refractivity contribution >= 4 is 35.8 Å². The first-order valence-electron chi connectivity index (χ1n) is 11.1. The average Bonchev–Trinajstić information content (AvgIpc) is 3.11. The summed E-state index contributed by atoms with van der Waals surface area (Å²) in [6.07, 6.45) is 9.18. The molecule has 0 bridgehead atoms. The SMILES string of the molecule is CN(C)C(=O)CN=C(NCCCN1CCOCC1)N1CCC2(CCCCC2)C1.I. The van der Waals surface area contributed by atoms with E-state index in [0.29, 0.717) is 5.41 Å². The first-order chi connectivity index (χ1) is 13.6. The molecule has 0 aromatic rings. The molecule has 8 heteroatoms. The third kappa shape index (κ3) is 7.54. The number of morpholine rings is 1. The summed E-state index contributed by atoms with van der Waals surface area (Å²) in [5.41, 5.74) is 0.486. The molecule has 3 rings (SSSR count). The molecule has 1 N–H and O–H groups in total. The van der Waals surface area contributed by atoms with Crippen LogP contribution in [0.3, 0.4) is 0 Å². The molecule has 29 heavy (non-hydrogen) atoms. The third-order valence-electron chi connectivity index (χ3n) is 6.55. The van der Waals surface area contributed by atoms with Crippen LogP contribution in [0.25, 0.3) is 0 Å². The lowest BCUT2D eigenvalue weighted by atomic mass is 9.73. The highest BCUT2D eigenvalue weighted by atomic mass is 127. The minimum absolute atomic E-state index is 0. The highest BCUT2D eigenvalue weighted by molar-refractivity contribution is 14.0. The number of ether oxygens (including phenoxy) is 1. The lowest BCUT2D eigenvalue weighted by molar-refractivity contribution is -0.127. The first-order valence-corrected chi connectivity index (χ1v) is 11.1. The molecule has 1 saturated carbocycles. The molecule has 1 aliphatic carbocycles. The summed E-state index contributed by atoms with van der Waals surface area (Å²) in [5, 5.41) is 3.56. The van der Waals surface area contributed by atoms with E-state index in [1.165, 1.54) is 38.5 Å². The molecule has 0 atom stereocenters. The Morgan fingerprint density at radius 2 is 1.83 bits per heavy atom. The summed E-state index contributed by atoms with van der Waals surface area (Å²) in [7, 11) is 3.58. The number of likely N-dealkylation sites (tertiary alicyclic amines) is 1.